The molecule has 0 aromatic heterocycles. The normalized spacial score (nSPS) is 10.5. The maximum atomic E-state index is 12.3. The van der Waals surface area contributed by atoms with Gasteiger partial charge in [0.25, 0.3) is 0 Å². The lowest BCUT2D eigenvalue weighted by Crippen LogP contribution is -2.15. The largest absolute Gasteiger partial charge is 0.496 e. The Balaban J connectivity index is 2.12. The molecule has 0 aliphatic heterocycles. The first-order chi connectivity index (χ1) is 12.9. The number of nitrogens with one attached hydrogen (secondary N) is 2. The average Bonchev–Trinajstić information content (AvgIpc) is 2.63. The second-order valence-electron chi connectivity index (χ2n) is 5.89. The minimum Gasteiger partial charge on any atom is -0.496 e. The van der Waals surface area contributed by atoms with Gasteiger partial charge in [-0.3, -0.25) is 10.1 Å². The van der Waals surface area contributed by atoms with Crippen LogP contribution in [0.5, 0.6) is 5.75 Å². The van der Waals surface area contributed by atoms with Crippen LogP contribution in [-0.4, -0.2) is 25.7 Å². The van der Waals surface area contributed by atoms with Crippen LogP contribution in [0.15, 0.2) is 42.5 Å². The van der Waals surface area contributed by atoms with E-state index < -0.39 is 6.09 Å². The number of methoxy groups -OCH3 is 1. The van der Waals surface area contributed by atoms with Crippen LogP contribution in [0.3, 0.4) is 0 Å². The number of rotatable bonds is 6. The number of benzene rings is 2. The van der Waals surface area contributed by atoms with Crippen LogP contribution in [0.2, 0.25) is 0 Å². The van der Waals surface area contributed by atoms with Crippen molar-refractivity contribution in [1.29, 1.82) is 0 Å². The van der Waals surface area contributed by atoms with Crippen LogP contribution in [-0.2, 0) is 9.53 Å². The quantitative estimate of drug-likeness (QED) is 0.734. The molecule has 0 unspecified atom stereocenters. The van der Waals surface area contributed by atoms with Crippen LogP contribution in [0, 0.1) is 13.8 Å². The molecule has 0 spiro atoms. The van der Waals surface area contributed by atoms with Gasteiger partial charge in [0.2, 0.25) is 5.91 Å². The van der Waals surface area contributed by atoms with Gasteiger partial charge in [-0.25, -0.2) is 4.79 Å². The minimum atomic E-state index is -0.532. The molecule has 0 fully saturated rings. The van der Waals surface area contributed by atoms with Gasteiger partial charge < -0.3 is 14.8 Å². The monoisotopic (exact) mass is 368 g/mol. The SMILES string of the molecule is CCOC(=O)Nc1cccc(NC(=O)/C=C/c2cc(C)ccc2OC)c1C. The highest BCUT2D eigenvalue weighted by Crippen LogP contribution is 2.24. The third kappa shape index (κ3) is 5.60. The highest BCUT2D eigenvalue weighted by atomic mass is 16.5. The smallest absolute Gasteiger partial charge is 0.411 e. The van der Waals surface area contributed by atoms with Gasteiger partial charge in [-0.2, -0.15) is 0 Å². The van der Waals surface area contributed by atoms with Crippen LogP contribution in [0.25, 0.3) is 6.08 Å². The molecule has 0 atom stereocenters. The molecular formula is C21H24N2O4. The molecule has 0 heterocycles. The Kier molecular flexibility index (Phi) is 7.00. The van der Waals surface area contributed by atoms with Gasteiger partial charge in [-0.15, -0.1) is 0 Å². The van der Waals surface area contributed by atoms with Crippen molar-refractivity contribution in [3.63, 3.8) is 0 Å². The average molecular weight is 368 g/mol. The predicted molar refractivity (Wildman–Crippen MR) is 107 cm³/mol. The number of anilines is 2. The van der Waals surface area contributed by atoms with Crippen molar-refractivity contribution in [2.75, 3.05) is 24.4 Å². The van der Waals surface area contributed by atoms with E-state index in [2.05, 4.69) is 10.6 Å². The first-order valence-corrected chi connectivity index (χ1v) is 8.61. The van der Waals surface area contributed by atoms with Crippen LogP contribution in [0.4, 0.5) is 16.2 Å². The van der Waals surface area contributed by atoms with Crippen LogP contribution < -0.4 is 15.4 Å². The first kappa shape index (κ1) is 20.0. The fourth-order valence-corrected chi connectivity index (χ4v) is 2.51. The Hall–Kier alpha value is -3.28. The van der Waals surface area contributed by atoms with Gasteiger partial charge in [0.15, 0.2) is 0 Å². The van der Waals surface area contributed by atoms with Gasteiger partial charge in [0.1, 0.15) is 5.75 Å². The van der Waals surface area contributed by atoms with Gasteiger partial charge in [-0.05, 0) is 56.7 Å². The van der Waals surface area contributed by atoms with E-state index in [0.717, 1.165) is 16.7 Å². The second-order valence-corrected chi connectivity index (χ2v) is 5.89. The zero-order valence-corrected chi connectivity index (χ0v) is 16.0. The summed E-state index contributed by atoms with van der Waals surface area (Å²) in [7, 11) is 1.59. The summed E-state index contributed by atoms with van der Waals surface area (Å²) in [5, 5.41) is 5.48. The van der Waals surface area contributed by atoms with Gasteiger partial charge >= 0.3 is 6.09 Å². The van der Waals surface area contributed by atoms with Crippen molar-refractivity contribution >= 4 is 29.5 Å². The molecule has 2 amide bonds. The maximum absolute atomic E-state index is 12.3. The Labute approximate surface area is 159 Å². The number of carbonyl (C=O) groups is 2. The summed E-state index contributed by atoms with van der Waals surface area (Å²) >= 11 is 0. The summed E-state index contributed by atoms with van der Waals surface area (Å²) in [5.74, 6) is 0.413. The molecule has 6 heteroatoms. The van der Waals surface area contributed by atoms with Crippen molar-refractivity contribution in [1.82, 2.24) is 0 Å². The van der Waals surface area contributed by atoms with E-state index in [1.807, 2.05) is 32.0 Å². The lowest BCUT2D eigenvalue weighted by molar-refractivity contribution is -0.111. The number of carbonyl (C=O) groups excluding carboxylic acids is 2. The Morgan fingerprint density at radius 3 is 2.44 bits per heavy atom. The number of aryl methyl sites for hydroxylation is 1. The lowest BCUT2D eigenvalue weighted by Gasteiger charge is -2.12. The van der Waals surface area contributed by atoms with Crippen molar-refractivity contribution in [3.05, 3.63) is 59.2 Å². The third-order valence-corrected chi connectivity index (χ3v) is 3.90. The van der Waals surface area contributed by atoms with Crippen molar-refractivity contribution < 1.29 is 19.1 Å². The van der Waals surface area contributed by atoms with Crippen LogP contribution in [0.1, 0.15) is 23.6 Å². The van der Waals surface area contributed by atoms with Crippen LogP contribution >= 0.6 is 0 Å². The molecule has 2 rings (SSSR count). The lowest BCUT2D eigenvalue weighted by atomic mass is 10.1. The molecule has 0 aliphatic carbocycles. The molecule has 27 heavy (non-hydrogen) atoms. The molecule has 0 saturated heterocycles. The van der Waals surface area contributed by atoms with E-state index in [1.165, 1.54) is 6.08 Å². The third-order valence-electron chi connectivity index (χ3n) is 3.90. The summed E-state index contributed by atoms with van der Waals surface area (Å²) in [6, 6.07) is 11.0. The molecule has 0 radical (unpaired) electrons. The number of amides is 2. The highest BCUT2D eigenvalue weighted by molar-refractivity contribution is 6.03. The van der Waals surface area contributed by atoms with E-state index in [0.29, 0.717) is 17.1 Å². The number of hydrogen-bond donors (Lipinski definition) is 2. The van der Waals surface area contributed by atoms with Crippen molar-refractivity contribution in [3.8, 4) is 5.75 Å². The summed E-state index contributed by atoms with van der Waals surface area (Å²) in [6.45, 7) is 5.81. The molecule has 2 N–H and O–H groups in total. The molecule has 0 saturated carbocycles. The summed E-state index contributed by atoms with van der Waals surface area (Å²) in [4.78, 5) is 23.9. The topological polar surface area (TPSA) is 76.7 Å². The van der Waals surface area contributed by atoms with Crippen molar-refractivity contribution in [2.45, 2.75) is 20.8 Å². The Bertz CT molecular complexity index is 859. The number of hydrogen-bond acceptors (Lipinski definition) is 4. The second kappa shape index (κ2) is 9.43. The fourth-order valence-electron chi connectivity index (χ4n) is 2.51. The molecule has 2 aromatic carbocycles. The predicted octanol–water partition coefficient (Wildman–Crippen LogP) is 4.53. The van der Waals surface area contributed by atoms with E-state index in [-0.39, 0.29) is 12.5 Å². The zero-order chi connectivity index (χ0) is 19.8. The van der Waals surface area contributed by atoms with E-state index in [4.69, 9.17) is 9.47 Å². The standard InChI is InChI=1S/C21H24N2O4/c1-5-27-21(25)23-18-8-6-7-17(15(18)3)22-20(24)12-10-16-13-14(2)9-11-19(16)26-4/h6-13H,5H2,1-4H3,(H,22,24)(H,23,25)/b12-10+. The van der Waals surface area contributed by atoms with E-state index in [1.54, 1.807) is 38.3 Å². The fraction of sp³-hybridized carbons (Fsp3) is 0.238. The maximum Gasteiger partial charge on any atom is 0.411 e. The minimum absolute atomic E-state index is 0.282. The van der Waals surface area contributed by atoms with Gasteiger partial charge in [0.05, 0.1) is 13.7 Å². The Morgan fingerprint density at radius 2 is 1.78 bits per heavy atom. The molecular weight excluding hydrogens is 344 g/mol. The first-order valence-electron chi connectivity index (χ1n) is 8.61. The highest BCUT2D eigenvalue weighted by Gasteiger charge is 2.09. The van der Waals surface area contributed by atoms with Crippen molar-refractivity contribution in [2.24, 2.45) is 0 Å². The zero-order valence-electron chi connectivity index (χ0n) is 16.0. The molecule has 0 aliphatic rings. The molecule has 6 nitrogen and oxygen atoms in total. The van der Waals surface area contributed by atoms with Gasteiger partial charge in [-0.1, -0.05) is 17.7 Å². The molecule has 2 aromatic rings. The Morgan fingerprint density at radius 1 is 1.07 bits per heavy atom. The van der Waals surface area contributed by atoms with E-state index >= 15 is 0 Å². The van der Waals surface area contributed by atoms with Gasteiger partial charge in [0, 0.05) is 23.0 Å². The molecule has 0 bridgehead atoms. The summed E-state index contributed by atoms with van der Waals surface area (Å²) in [5.41, 5.74) is 3.82. The number of ether oxygens (including phenoxy) is 2. The summed E-state index contributed by atoms with van der Waals surface area (Å²) < 4.78 is 10.2. The van der Waals surface area contributed by atoms with E-state index in [9.17, 15) is 9.59 Å². The molecule has 142 valence electrons. The summed E-state index contributed by atoms with van der Waals surface area (Å²) in [6.07, 6.45) is 2.62.